The number of rotatable bonds is 1. The maximum absolute atomic E-state index is 13.4. The van der Waals surface area contributed by atoms with Crippen molar-refractivity contribution in [2.75, 3.05) is 0 Å². The minimum absolute atomic E-state index is 0.0376. The number of nitrogens with two attached hydrogens (primary N) is 1. The van der Waals surface area contributed by atoms with Gasteiger partial charge in [-0.25, -0.2) is 4.39 Å². The van der Waals surface area contributed by atoms with Crippen molar-refractivity contribution in [1.29, 1.82) is 0 Å². The Morgan fingerprint density at radius 3 is 3.00 bits per heavy atom. The first-order chi connectivity index (χ1) is 6.24. The average Bonchev–Trinajstić information content (AvgIpc) is 2.45. The van der Waals surface area contributed by atoms with Gasteiger partial charge in [-0.1, -0.05) is 19.1 Å². The molecule has 0 radical (unpaired) electrons. The highest BCUT2D eigenvalue weighted by molar-refractivity contribution is 5.38. The zero-order valence-electron chi connectivity index (χ0n) is 7.76. The quantitative estimate of drug-likeness (QED) is 0.704. The van der Waals surface area contributed by atoms with Crippen molar-refractivity contribution in [3.05, 3.63) is 35.1 Å². The first-order valence-electron chi connectivity index (χ1n) is 4.78. The number of hydrogen-bond acceptors (Lipinski definition) is 1. The zero-order valence-corrected chi connectivity index (χ0v) is 7.76. The lowest BCUT2D eigenvalue weighted by Crippen LogP contribution is -2.05. The largest absolute Gasteiger partial charge is 0.324 e. The molecule has 0 spiro atoms. The van der Waals surface area contributed by atoms with Gasteiger partial charge in [0.1, 0.15) is 5.82 Å². The van der Waals surface area contributed by atoms with E-state index in [9.17, 15) is 4.39 Å². The summed E-state index contributed by atoms with van der Waals surface area (Å²) >= 11 is 0. The monoisotopic (exact) mass is 179 g/mol. The Balaban J connectivity index is 2.52. The second-order valence-corrected chi connectivity index (χ2v) is 3.69. The summed E-state index contributed by atoms with van der Waals surface area (Å²) in [5.74, 6) is 0.239. The van der Waals surface area contributed by atoms with E-state index in [4.69, 9.17) is 5.73 Å². The van der Waals surface area contributed by atoms with Crippen LogP contribution in [-0.2, 0) is 0 Å². The fraction of sp³-hybridized carbons (Fsp3) is 0.455. The lowest BCUT2D eigenvalue weighted by Gasteiger charge is -2.07. The standard InChI is InChI=1S/C11H14FN/c1-2-7-6-10(13)8-4-3-5-9(12)11(7)8/h3-5,7,10H,2,6,13H2,1H3. The van der Waals surface area contributed by atoms with Crippen LogP contribution in [0.4, 0.5) is 4.39 Å². The molecule has 0 bridgehead atoms. The van der Waals surface area contributed by atoms with Crippen molar-refractivity contribution in [3.63, 3.8) is 0 Å². The van der Waals surface area contributed by atoms with Crippen LogP contribution in [0.3, 0.4) is 0 Å². The molecule has 2 rings (SSSR count). The molecule has 2 N–H and O–H groups in total. The second-order valence-electron chi connectivity index (χ2n) is 3.69. The first-order valence-corrected chi connectivity index (χ1v) is 4.78. The Kier molecular flexibility index (Phi) is 2.08. The van der Waals surface area contributed by atoms with Gasteiger partial charge in [-0.3, -0.25) is 0 Å². The summed E-state index contributed by atoms with van der Waals surface area (Å²) in [6, 6.07) is 5.25. The van der Waals surface area contributed by atoms with E-state index in [0.29, 0.717) is 5.92 Å². The van der Waals surface area contributed by atoms with Crippen LogP contribution >= 0.6 is 0 Å². The van der Waals surface area contributed by atoms with Crippen molar-refractivity contribution >= 4 is 0 Å². The molecule has 0 heterocycles. The average molecular weight is 179 g/mol. The second kappa shape index (κ2) is 3.11. The summed E-state index contributed by atoms with van der Waals surface area (Å²) in [5.41, 5.74) is 7.78. The van der Waals surface area contributed by atoms with Gasteiger partial charge in [-0.05, 0) is 36.0 Å². The predicted molar refractivity (Wildman–Crippen MR) is 51.0 cm³/mol. The fourth-order valence-electron chi connectivity index (χ4n) is 2.23. The highest BCUT2D eigenvalue weighted by atomic mass is 19.1. The van der Waals surface area contributed by atoms with Gasteiger partial charge in [0.25, 0.3) is 0 Å². The first kappa shape index (κ1) is 8.70. The molecule has 1 aliphatic carbocycles. The lowest BCUT2D eigenvalue weighted by molar-refractivity contribution is 0.555. The molecule has 0 saturated carbocycles. The Bertz CT molecular complexity index is 322. The van der Waals surface area contributed by atoms with Gasteiger partial charge >= 0.3 is 0 Å². The summed E-state index contributed by atoms with van der Waals surface area (Å²) in [6.07, 6.45) is 1.87. The van der Waals surface area contributed by atoms with Crippen LogP contribution in [0.1, 0.15) is 42.9 Å². The van der Waals surface area contributed by atoms with Crippen LogP contribution in [0.25, 0.3) is 0 Å². The van der Waals surface area contributed by atoms with E-state index in [1.165, 1.54) is 6.07 Å². The van der Waals surface area contributed by atoms with Crippen LogP contribution in [0, 0.1) is 5.82 Å². The summed E-state index contributed by atoms with van der Waals surface area (Å²) < 4.78 is 13.4. The number of fused-ring (bicyclic) bond motifs is 1. The van der Waals surface area contributed by atoms with E-state index in [1.807, 2.05) is 6.07 Å². The van der Waals surface area contributed by atoms with Crippen LogP contribution in [0.15, 0.2) is 18.2 Å². The molecule has 0 amide bonds. The summed E-state index contributed by atoms with van der Waals surface area (Å²) in [7, 11) is 0. The van der Waals surface area contributed by atoms with Gasteiger partial charge in [0.05, 0.1) is 0 Å². The molecular weight excluding hydrogens is 165 g/mol. The molecule has 2 atom stereocenters. The molecule has 2 unspecified atom stereocenters. The van der Waals surface area contributed by atoms with Crippen molar-refractivity contribution < 1.29 is 4.39 Å². The fourth-order valence-corrected chi connectivity index (χ4v) is 2.23. The molecule has 13 heavy (non-hydrogen) atoms. The smallest absolute Gasteiger partial charge is 0.127 e. The van der Waals surface area contributed by atoms with E-state index in [2.05, 4.69) is 6.92 Å². The topological polar surface area (TPSA) is 26.0 Å². The van der Waals surface area contributed by atoms with Gasteiger partial charge in [0.2, 0.25) is 0 Å². The summed E-state index contributed by atoms with van der Waals surface area (Å²) in [6.45, 7) is 2.08. The maximum atomic E-state index is 13.4. The molecule has 1 aromatic rings. The zero-order chi connectivity index (χ0) is 9.42. The van der Waals surface area contributed by atoms with Gasteiger partial charge < -0.3 is 5.73 Å². The molecule has 70 valence electrons. The maximum Gasteiger partial charge on any atom is 0.127 e. The Labute approximate surface area is 77.8 Å². The van der Waals surface area contributed by atoms with Crippen LogP contribution < -0.4 is 5.73 Å². The molecule has 0 fully saturated rings. The van der Waals surface area contributed by atoms with E-state index in [-0.39, 0.29) is 11.9 Å². The van der Waals surface area contributed by atoms with Crippen LogP contribution in [-0.4, -0.2) is 0 Å². The van der Waals surface area contributed by atoms with Gasteiger partial charge in [-0.15, -0.1) is 0 Å². The number of benzene rings is 1. The third kappa shape index (κ3) is 1.25. The van der Waals surface area contributed by atoms with Crippen molar-refractivity contribution in [2.45, 2.75) is 31.7 Å². The molecule has 0 saturated heterocycles. The van der Waals surface area contributed by atoms with Gasteiger partial charge in [0, 0.05) is 6.04 Å². The molecule has 1 nitrogen and oxygen atoms in total. The van der Waals surface area contributed by atoms with E-state index < -0.39 is 0 Å². The molecule has 1 aliphatic rings. The molecule has 1 aromatic carbocycles. The third-order valence-corrected chi connectivity index (χ3v) is 2.93. The Morgan fingerprint density at radius 2 is 2.31 bits per heavy atom. The van der Waals surface area contributed by atoms with Crippen molar-refractivity contribution in [1.82, 2.24) is 0 Å². The Hall–Kier alpha value is -0.890. The summed E-state index contributed by atoms with van der Waals surface area (Å²) in [4.78, 5) is 0. The molecule has 2 heteroatoms. The highest BCUT2D eigenvalue weighted by Crippen LogP contribution is 2.41. The van der Waals surface area contributed by atoms with Gasteiger partial charge in [0.15, 0.2) is 0 Å². The third-order valence-electron chi connectivity index (χ3n) is 2.93. The molecule has 0 aliphatic heterocycles. The molecular formula is C11H14FN. The SMILES string of the molecule is CCC1CC(N)c2cccc(F)c21. The van der Waals surface area contributed by atoms with Crippen LogP contribution in [0.2, 0.25) is 0 Å². The minimum Gasteiger partial charge on any atom is -0.324 e. The minimum atomic E-state index is -0.0858. The Morgan fingerprint density at radius 1 is 1.54 bits per heavy atom. The van der Waals surface area contributed by atoms with Crippen molar-refractivity contribution in [3.8, 4) is 0 Å². The highest BCUT2D eigenvalue weighted by Gasteiger charge is 2.29. The normalized spacial score (nSPS) is 26.1. The van der Waals surface area contributed by atoms with Gasteiger partial charge in [-0.2, -0.15) is 0 Å². The predicted octanol–water partition coefficient (Wildman–Crippen LogP) is 2.72. The summed E-state index contributed by atoms with van der Waals surface area (Å²) in [5, 5.41) is 0. The number of hydrogen-bond donors (Lipinski definition) is 1. The van der Waals surface area contributed by atoms with E-state index in [0.717, 1.165) is 24.0 Å². The molecule has 0 aromatic heterocycles. The van der Waals surface area contributed by atoms with E-state index >= 15 is 0 Å². The van der Waals surface area contributed by atoms with Crippen LogP contribution in [0.5, 0.6) is 0 Å². The number of halogens is 1. The van der Waals surface area contributed by atoms with E-state index in [1.54, 1.807) is 6.07 Å². The van der Waals surface area contributed by atoms with Crippen molar-refractivity contribution in [2.24, 2.45) is 5.73 Å². The lowest BCUT2D eigenvalue weighted by atomic mass is 9.98.